The van der Waals surface area contributed by atoms with E-state index >= 15 is 0 Å². The van der Waals surface area contributed by atoms with Crippen LogP contribution < -0.4 is 20.3 Å². The van der Waals surface area contributed by atoms with Crippen LogP contribution in [-0.2, 0) is 9.59 Å². The summed E-state index contributed by atoms with van der Waals surface area (Å²) in [5.74, 6) is -0.519. The SMILES string of the molecule is COc1ccc(N2C(=O)C(Nc3ccc(C)cc3)=C(Sc3cccc(NC(=O)c4ccccc4)c3)C2=O)cc1. The third-order valence-corrected chi connectivity index (χ3v) is 7.11. The molecule has 0 radical (unpaired) electrons. The summed E-state index contributed by atoms with van der Waals surface area (Å²) < 4.78 is 5.22. The van der Waals surface area contributed by atoms with Crippen molar-refractivity contribution in [1.29, 1.82) is 0 Å². The van der Waals surface area contributed by atoms with E-state index in [1.165, 1.54) is 11.8 Å². The van der Waals surface area contributed by atoms with Gasteiger partial charge in [-0.1, -0.05) is 53.7 Å². The molecule has 0 fully saturated rings. The number of carbonyl (C=O) groups excluding carboxylic acids is 3. The van der Waals surface area contributed by atoms with Gasteiger partial charge in [-0.2, -0.15) is 0 Å². The molecule has 194 valence electrons. The fourth-order valence-electron chi connectivity index (χ4n) is 4.01. The molecule has 39 heavy (non-hydrogen) atoms. The molecule has 0 saturated carbocycles. The Balaban J connectivity index is 1.45. The summed E-state index contributed by atoms with van der Waals surface area (Å²) in [5.41, 5.74) is 3.50. The summed E-state index contributed by atoms with van der Waals surface area (Å²) in [6.45, 7) is 1.98. The molecule has 7 nitrogen and oxygen atoms in total. The first-order chi connectivity index (χ1) is 18.9. The van der Waals surface area contributed by atoms with Crippen molar-refractivity contribution in [3.63, 3.8) is 0 Å². The lowest BCUT2D eigenvalue weighted by atomic mass is 10.2. The summed E-state index contributed by atoms with van der Waals surface area (Å²) in [7, 11) is 1.55. The lowest BCUT2D eigenvalue weighted by molar-refractivity contribution is -0.120. The molecule has 4 aromatic rings. The summed E-state index contributed by atoms with van der Waals surface area (Å²) in [6.07, 6.45) is 0. The summed E-state index contributed by atoms with van der Waals surface area (Å²) in [5, 5.41) is 6.05. The zero-order valence-corrected chi connectivity index (χ0v) is 22.1. The van der Waals surface area contributed by atoms with E-state index < -0.39 is 11.8 Å². The molecule has 1 heterocycles. The van der Waals surface area contributed by atoms with Crippen LogP contribution in [-0.4, -0.2) is 24.8 Å². The lowest BCUT2D eigenvalue weighted by Gasteiger charge is -2.15. The minimum absolute atomic E-state index is 0.184. The van der Waals surface area contributed by atoms with Crippen LogP contribution in [0.5, 0.6) is 5.75 Å². The number of hydrogen-bond donors (Lipinski definition) is 2. The maximum Gasteiger partial charge on any atom is 0.283 e. The maximum atomic E-state index is 13.7. The number of thioether (sulfide) groups is 1. The van der Waals surface area contributed by atoms with Gasteiger partial charge in [0.1, 0.15) is 16.4 Å². The van der Waals surface area contributed by atoms with Gasteiger partial charge in [-0.15, -0.1) is 0 Å². The molecule has 0 atom stereocenters. The standard InChI is InChI=1S/C31H25N3O4S/c1-20-11-13-22(14-12-20)32-27-28(31(37)34(30(27)36)24-15-17-25(38-2)18-16-24)39-26-10-6-9-23(19-26)33-29(35)21-7-4-3-5-8-21/h3-19,32H,1-2H3,(H,33,35). The summed E-state index contributed by atoms with van der Waals surface area (Å²) in [6, 6.07) is 30.4. The largest absolute Gasteiger partial charge is 0.497 e. The first-order valence-corrected chi connectivity index (χ1v) is 13.0. The predicted molar refractivity (Wildman–Crippen MR) is 154 cm³/mol. The van der Waals surface area contributed by atoms with Crippen molar-refractivity contribution in [2.75, 3.05) is 22.6 Å². The number of carbonyl (C=O) groups is 3. The Bertz CT molecular complexity index is 1570. The number of anilines is 3. The average molecular weight is 536 g/mol. The molecule has 3 amide bonds. The summed E-state index contributed by atoms with van der Waals surface area (Å²) >= 11 is 1.17. The second-order valence-corrected chi connectivity index (χ2v) is 9.87. The Morgan fingerprint density at radius 1 is 0.795 bits per heavy atom. The molecule has 1 aliphatic rings. The van der Waals surface area contributed by atoms with Gasteiger partial charge < -0.3 is 15.4 Å². The van der Waals surface area contributed by atoms with Crippen molar-refractivity contribution < 1.29 is 19.1 Å². The van der Waals surface area contributed by atoms with Gasteiger partial charge in [-0.25, -0.2) is 4.90 Å². The first kappa shape index (κ1) is 25.8. The van der Waals surface area contributed by atoms with Crippen LogP contribution in [0.2, 0.25) is 0 Å². The van der Waals surface area contributed by atoms with Crippen LogP contribution in [0.4, 0.5) is 17.1 Å². The molecule has 0 unspecified atom stereocenters. The van der Waals surface area contributed by atoms with E-state index in [0.717, 1.165) is 10.5 Å². The number of amides is 3. The molecule has 5 rings (SSSR count). The molecule has 8 heteroatoms. The normalized spacial score (nSPS) is 13.0. The van der Waals surface area contributed by atoms with E-state index in [4.69, 9.17) is 4.74 Å². The minimum Gasteiger partial charge on any atom is -0.497 e. The molecule has 0 saturated heterocycles. The zero-order valence-electron chi connectivity index (χ0n) is 21.3. The third kappa shape index (κ3) is 5.71. The van der Waals surface area contributed by atoms with Gasteiger partial charge in [0.25, 0.3) is 17.7 Å². The number of nitrogens with zero attached hydrogens (tertiary/aromatic N) is 1. The average Bonchev–Trinajstić information content (AvgIpc) is 3.18. The monoisotopic (exact) mass is 535 g/mol. The van der Waals surface area contributed by atoms with Gasteiger partial charge in [0.15, 0.2) is 0 Å². The smallest absolute Gasteiger partial charge is 0.283 e. The van der Waals surface area contributed by atoms with E-state index in [-0.39, 0.29) is 16.5 Å². The Hall–Kier alpha value is -4.82. The molecule has 2 N–H and O–H groups in total. The third-order valence-electron chi connectivity index (χ3n) is 6.04. The van der Waals surface area contributed by atoms with E-state index in [0.29, 0.717) is 33.3 Å². The van der Waals surface area contributed by atoms with Crippen molar-refractivity contribution in [1.82, 2.24) is 0 Å². The van der Waals surface area contributed by atoms with Crippen LogP contribution >= 0.6 is 11.8 Å². The highest BCUT2D eigenvalue weighted by Crippen LogP contribution is 2.39. The second-order valence-electron chi connectivity index (χ2n) is 8.79. The highest BCUT2D eigenvalue weighted by atomic mass is 32.2. The number of ether oxygens (including phenoxy) is 1. The van der Waals surface area contributed by atoms with Crippen LogP contribution in [0.1, 0.15) is 15.9 Å². The molecular weight excluding hydrogens is 510 g/mol. The number of imide groups is 1. The maximum absolute atomic E-state index is 13.7. The Kier molecular flexibility index (Phi) is 7.47. The predicted octanol–water partition coefficient (Wildman–Crippen LogP) is 6.25. The zero-order chi connectivity index (χ0) is 27.4. The van der Waals surface area contributed by atoms with Crippen molar-refractivity contribution in [3.8, 4) is 5.75 Å². The number of benzene rings is 4. The molecule has 4 aromatic carbocycles. The topological polar surface area (TPSA) is 87.7 Å². The molecule has 1 aliphatic heterocycles. The fraction of sp³-hybridized carbons (Fsp3) is 0.0645. The van der Waals surface area contributed by atoms with Crippen molar-refractivity contribution in [2.24, 2.45) is 0 Å². The van der Waals surface area contributed by atoms with Gasteiger partial charge in [-0.05, 0) is 73.7 Å². The van der Waals surface area contributed by atoms with Gasteiger partial charge in [0.05, 0.1) is 12.8 Å². The quantitative estimate of drug-likeness (QED) is 0.260. The number of methoxy groups -OCH3 is 1. The van der Waals surface area contributed by atoms with Crippen LogP contribution in [0.25, 0.3) is 0 Å². The van der Waals surface area contributed by atoms with Gasteiger partial charge in [0, 0.05) is 21.8 Å². The van der Waals surface area contributed by atoms with E-state index in [9.17, 15) is 14.4 Å². The van der Waals surface area contributed by atoms with Gasteiger partial charge >= 0.3 is 0 Å². The fourth-order valence-corrected chi connectivity index (χ4v) is 5.00. The number of aryl methyl sites for hydroxylation is 1. The second kappa shape index (κ2) is 11.3. The minimum atomic E-state index is -0.457. The Morgan fingerprint density at radius 3 is 2.21 bits per heavy atom. The van der Waals surface area contributed by atoms with Crippen molar-refractivity contribution >= 4 is 46.5 Å². The van der Waals surface area contributed by atoms with Crippen LogP contribution in [0.15, 0.2) is 119 Å². The molecule has 0 aromatic heterocycles. The van der Waals surface area contributed by atoms with E-state index in [2.05, 4.69) is 10.6 Å². The molecule has 0 aliphatic carbocycles. The van der Waals surface area contributed by atoms with E-state index in [1.807, 2.05) is 43.3 Å². The Labute approximate surface area is 230 Å². The number of nitrogens with one attached hydrogen (secondary N) is 2. The van der Waals surface area contributed by atoms with Crippen LogP contribution in [0.3, 0.4) is 0 Å². The highest BCUT2D eigenvalue weighted by Gasteiger charge is 2.40. The van der Waals surface area contributed by atoms with Crippen molar-refractivity contribution in [3.05, 3.63) is 125 Å². The van der Waals surface area contributed by atoms with Crippen LogP contribution in [0, 0.1) is 6.92 Å². The summed E-state index contributed by atoms with van der Waals surface area (Å²) in [4.78, 5) is 42.0. The van der Waals surface area contributed by atoms with Gasteiger partial charge in [0.2, 0.25) is 0 Å². The number of hydrogen-bond acceptors (Lipinski definition) is 6. The molecule has 0 spiro atoms. The van der Waals surface area contributed by atoms with E-state index in [1.54, 1.807) is 73.8 Å². The lowest BCUT2D eigenvalue weighted by Crippen LogP contribution is -2.32. The number of rotatable bonds is 8. The van der Waals surface area contributed by atoms with Crippen molar-refractivity contribution in [2.45, 2.75) is 11.8 Å². The van der Waals surface area contributed by atoms with Gasteiger partial charge in [-0.3, -0.25) is 14.4 Å². The Morgan fingerprint density at radius 2 is 1.51 bits per heavy atom. The molecular formula is C31H25N3O4S. The highest BCUT2D eigenvalue weighted by molar-refractivity contribution is 8.04. The first-order valence-electron chi connectivity index (χ1n) is 12.2. The molecule has 0 bridgehead atoms.